The van der Waals surface area contributed by atoms with Gasteiger partial charge in [0.25, 0.3) is 5.91 Å². The van der Waals surface area contributed by atoms with E-state index in [0.29, 0.717) is 5.56 Å². The fourth-order valence-corrected chi connectivity index (χ4v) is 2.93. The van der Waals surface area contributed by atoms with E-state index in [-0.39, 0.29) is 5.91 Å². The van der Waals surface area contributed by atoms with Crippen molar-refractivity contribution in [2.45, 2.75) is 0 Å². The van der Waals surface area contributed by atoms with E-state index in [1.807, 2.05) is 36.4 Å². The molecule has 21 heavy (non-hydrogen) atoms. The van der Waals surface area contributed by atoms with Gasteiger partial charge in [-0.25, -0.2) is 14.6 Å². The molecule has 0 saturated carbocycles. The molecule has 2 aromatic carbocycles. The van der Waals surface area contributed by atoms with E-state index in [9.17, 15) is 4.79 Å². The van der Waals surface area contributed by atoms with E-state index in [1.54, 1.807) is 22.6 Å². The lowest BCUT2D eigenvalue weighted by Gasteiger charge is -2.07. The number of para-hydroxylation sites is 2. The molecular weight excluding hydrogens is 284 g/mol. The van der Waals surface area contributed by atoms with E-state index in [1.165, 1.54) is 11.3 Å². The predicted molar refractivity (Wildman–Crippen MR) is 83.0 cm³/mol. The third-order valence-electron chi connectivity index (χ3n) is 3.27. The minimum Gasteiger partial charge on any atom is -0.267 e. The molecule has 1 N–H and O–H groups in total. The number of rotatable bonds is 2. The second-order valence-electron chi connectivity index (χ2n) is 4.58. The predicted octanol–water partition coefficient (Wildman–Crippen LogP) is 3.03. The van der Waals surface area contributed by atoms with Crippen molar-refractivity contribution < 1.29 is 4.79 Å². The van der Waals surface area contributed by atoms with E-state index in [0.717, 1.165) is 21.3 Å². The maximum atomic E-state index is 12.3. The number of thiazole rings is 1. The van der Waals surface area contributed by atoms with E-state index in [2.05, 4.69) is 15.4 Å². The molecule has 4 rings (SSSR count). The third-order valence-corrected chi connectivity index (χ3v) is 4.06. The number of aromatic nitrogens is 3. The smallest absolute Gasteiger partial charge is 0.267 e. The van der Waals surface area contributed by atoms with Crippen LogP contribution in [0.4, 0.5) is 0 Å². The highest BCUT2D eigenvalue weighted by Gasteiger charge is 2.09. The molecule has 0 saturated heterocycles. The van der Waals surface area contributed by atoms with Crippen molar-refractivity contribution in [2.75, 3.05) is 5.43 Å². The van der Waals surface area contributed by atoms with Gasteiger partial charge in [0.1, 0.15) is 6.33 Å². The van der Waals surface area contributed by atoms with Gasteiger partial charge < -0.3 is 0 Å². The summed E-state index contributed by atoms with van der Waals surface area (Å²) in [7, 11) is 0. The fraction of sp³-hybridized carbons (Fsp3) is 0. The molecule has 5 nitrogen and oxygen atoms in total. The van der Waals surface area contributed by atoms with Crippen molar-refractivity contribution in [3.8, 4) is 0 Å². The number of carbonyl (C=O) groups is 1. The summed E-state index contributed by atoms with van der Waals surface area (Å²) >= 11 is 1.52. The number of fused-ring (bicyclic) bond motifs is 2. The van der Waals surface area contributed by atoms with Crippen LogP contribution < -0.4 is 5.43 Å². The fourth-order valence-electron chi connectivity index (χ4n) is 2.22. The highest BCUT2D eigenvalue weighted by atomic mass is 32.1. The van der Waals surface area contributed by atoms with Crippen LogP contribution in [0, 0.1) is 0 Å². The van der Waals surface area contributed by atoms with E-state index in [4.69, 9.17) is 0 Å². The molecule has 2 aromatic heterocycles. The zero-order chi connectivity index (χ0) is 14.2. The Morgan fingerprint density at radius 3 is 2.95 bits per heavy atom. The first-order valence-corrected chi connectivity index (χ1v) is 7.26. The Labute approximate surface area is 123 Å². The summed E-state index contributed by atoms with van der Waals surface area (Å²) < 4.78 is 2.63. The molecule has 6 heteroatoms. The number of nitrogens with one attached hydrogen (secondary N) is 1. The first-order valence-electron chi connectivity index (χ1n) is 6.38. The van der Waals surface area contributed by atoms with Gasteiger partial charge in [0.15, 0.2) is 0 Å². The number of imidazole rings is 1. The second kappa shape index (κ2) is 4.68. The lowest BCUT2D eigenvalue weighted by Crippen LogP contribution is -2.21. The van der Waals surface area contributed by atoms with Gasteiger partial charge in [-0.3, -0.25) is 10.2 Å². The topological polar surface area (TPSA) is 59.8 Å². The number of hydrogen-bond donors (Lipinski definition) is 1. The van der Waals surface area contributed by atoms with Gasteiger partial charge in [-0.2, -0.15) is 0 Å². The SMILES string of the molecule is O=C(Nn1cnc2ccccc21)c1ccc2ncsc2c1. The van der Waals surface area contributed by atoms with Crippen molar-refractivity contribution in [3.05, 3.63) is 59.9 Å². The first kappa shape index (κ1) is 12.0. The summed E-state index contributed by atoms with van der Waals surface area (Å²) in [6.45, 7) is 0. The van der Waals surface area contributed by atoms with Gasteiger partial charge in [-0.15, -0.1) is 11.3 Å². The maximum absolute atomic E-state index is 12.3. The lowest BCUT2D eigenvalue weighted by atomic mass is 10.2. The van der Waals surface area contributed by atoms with Gasteiger partial charge in [0, 0.05) is 5.56 Å². The minimum atomic E-state index is -0.173. The summed E-state index contributed by atoms with van der Waals surface area (Å²) in [5.41, 5.74) is 7.83. The molecular formula is C15H10N4OS. The Bertz CT molecular complexity index is 956. The van der Waals surface area contributed by atoms with Gasteiger partial charge in [0.05, 0.1) is 26.8 Å². The van der Waals surface area contributed by atoms with Crippen LogP contribution in [0.25, 0.3) is 21.3 Å². The average molecular weight is 294 g/mol. The molecule has 0 aliphatic carbocycles. The van der Waals surface area contributed by atoms with Gasteiger partial charge in [-0.05, 0) is 30.3 Å². The molecule has 0 aliphatic rings. The number of nitrogens with zero attached hydrogens (tertiary/aromatic N) is 3. The van der Waals surface area contributed by atoms with Gasteiger partial charge in [0.2, 0.25) is 0 Å². The van der Waals surface area contributed by atoms with Gasteiger partial charge in [-0.1, -0.05) is 12.1 Å². The Kier molecular flexibility index (Phi) is 2.68. The monoisotopic (exact) mass is 294 g/mol. The Morgan fingerprint density at radius 2 is 2.00 bits per heavy atom. The summed E-state index contributed by atoms with van der Waals surface area (Å²) in [6, 6.07) is 13.1. The Hall–Kier alpha value is -2.73. The van der Waals surface area contributed by atoms with Crippen LogP contribution in [0.15, 0.2) is 54.3 Å². The molecule has 1 amide bonds. The molecule has 0 radical (unpaired) electrons. The molecule has 0 fully saturated rings. The molecule has 102 valence electrons. The van der Waals surface area contributed by atoms with Crippen LogP contribution in [-0.4, -0.2) is 20.6 Å². The highest BCUT2D eigenvalue weighted by Crippen LogP contribution is 2.19. The number of benzene rings is 2. The van der Waals surface area contributed by atoms with Crippen molar-refractivity contribution >= 4 is 38.5 Å². The molecule has 0 spiro atoms. The van der Waals surface area contributed by atoms with Crippen LogP contribution >= 0.6 is 11.3 Å². The zero-order valence-electron chi connectivity index (χ0n) is 10.9. The molecule has 2 heterocycles. The van der Waals surface area contributed by atoms with E-state index < -0.39 is 0 Å². The average Bonchev–Trinajstić information content (AvgIpc) is 3.13. The molecule has 0 unspecified atom stereocenters. The van der Waals surface area contributed by atoms with E-state index >= 15 is 0 Å². The quantitative estimate of drug-likeness (QED) is 0.618. The minimum absolute atomic E-state index is 0.173. The molecule has 0 atom stereocenters. The molecule has 0 aliphatic heterocycles. The van der Waals surface area contributed by atoms with Crippen molar-refractivity contribution in [1.29, 1.82) is 0 Å². The van der Waals surface area contributed by atoms with Crippen LogP contribution in [0.1, 0.15) is 10.4 Å². The summed E-state index contributed by atoms with van der Waals surface area (Å²) in [6.07, 6.45) is 1.60. The standard InChI is InChI=1S/C15H10N4OS/c20-15(10-5-6-12-14(7-10)21-9-17-12)18-19-8-16-11-3-1-2-4-13(11)19/h1-9H,(H,18,20). The number of carbonyl (C=O) groups excluding carboxylic acids is 1. The van der Waals surface area contributed by atoms with Crippen LogP contribution in [-0.2, 0) is 0 Å². The van der Waals surface area contributed by atoms with Crippen molar-refractivity contribution in [3.63, 3.8) is 0 Å². The first-order chi connectivity index (χ1) is 10.3. The van der Waals surface area contributed by atoms with Crippen LogP contribution in [0.3, 0.4) is 0 Å². The third kappa shape index (κ3) is 2.05. The highest BCUT2D eigenvalue weighted by molar-refractivity contribution is 7.16. The molecule has 4 aromatic rings. The van der Waals surface area contributed by atoms with Crippen molar-refractivity contribution in [2.24, 2.45) is 0 Å². The summed E-state index contributed by atoms with van der Waals surface area (Å²) in [4.78, 5) is 20.8. The number of amides is 1. The lowest BCUT2D eigenvalue weighted by molar-refractivity contribution is 0.101. The normalized spacial score (nSPS) is 11.0. The zero-order valence-corrected chi connectivity index (χ0v) is 11.7. The molecule has 0 bridgehead atoms. The maximum Gasteiger partial charge on any atom is 0.270 e. The summed E-state index contributed by atoms with van der Waals surface area (Å²) in [5.74, 6) is -0.173. The Morgan fingerprint density at radius 1 is 1.10 bits per heavy atom. The number of hydrogen-bond acceptors (Lipinski definition) is 4. The largest absolute Gasteiger partial charge is 0.270 e. The van der Waals surface area contributed by atoms with Crippen LogP contribution in [0.5, 0.6) is 0 Å². The van der Waals surface area contributed by atoms with Crippen LogP contribution in [0.2, 0.25) is 0 Å². The Balaban J connectivity index is 1.68. The summed E-state index contributed by atoms with van der Waals surface area (Å²) in [5, 5.41) is 0. The van der Waals surface area contributed by atoms with Crippen molar-refractivity contribution in [1.82, 2.24) is 14.6 Å². The second-order valence-corrected chi connectivity index (χ2v) is 5.47. The van der Waals surface area contributed by atoms with Gasteiger partial charge >= 0.3 is 0 Å².